The van der Waals surface area contributed by atoms with Crippen LogP contribution in [-0.4, -0.2) is 34.6 Å². The highest BCUT2D eigenvalue weighted by Gasteiger charge is 2.39. The van der Waals surface area contributed by atoms with Crippen molar-refractivity contribution in [2.75, 3.05) is 6.54 Å². The van der Waals surface area contributed by atoms with E-state index < -0.39 is 0 Å². The molecule has 2 rings (SSSR count). The molecule has 0 bridgehead atoms. The maximum absolute atomic E-state index is 12.9. The normalized spacial score (nSPS) is 35.0. The van der Waals surface area contributed by atoms with Gasteiger partial charge in [-0.2, -0.15) is 0 Å². The second kappa shape index (κ2) is 6.05. The first-order valence-electron chi connectivity index (χ1n) is 8.27. The van der Waals surface area contributed by atoms with E-state index in [2.05, 4.69) is 25.7 Å². The van der Waals surface area contributed by atoms with Crippen LogP contribution < -0.4 is 0 Å². The Morgan fingerprint density at radius 2 is 2.10 bits per heavy atom. The Labute approximate surface area is 123 Å². The number of carbonyl (C=O) groups excluding carboxylic acids is 1. The Bertz CT molecular complexity index is 351. The molecule has 1 aliphatic heterocycles. The van der Waals surface area contributed by atoms with Gasteiger partial charge in [-0.15, -0.1) is 0 Å². The predicted molar refractivity (Wildman–Crippen MR) is 81.3 cm³/mol. The third-order valence-corrected chi connectivity index (χ3v) is 5.01. The zero-order valence-corrected chi connectivity index (χ0v) is 13.6. The van der Waals surface area contributed by atoms with Crippen molar-refractivity contribution in [3.8, 4) is 0 Å². The van der Waals surface area contributed by atoms with Crippen LogP contribution in [0, 0.1) is 17.3 Å². The molecule has 0 aromatic heterocycles. The van der Waals surface area contributed by atoms with E-state index >= 15 is 0 Å². The SMILES string of the molecule is CC(O)CC1CCCN1C(=O)C1CC(C)CC(C)(C)C1. The van der Waals surface area contributed by atoms with E-state index in [9.17, 15) is 9.90 Å². The van der Waals surface area contributed by atoms with Gasteiger partial charge in [-0.3, -0.25) is 4.79 Å². The van der Waals surface area contributed by atoms with Crippen molar-refractivity contribution in [1.82, 2.24) is 4.90 Å². The molecule has 116 valence electrons. The van der Waals surface area contributed by atoms with E-state index in [1.54, 1.807) is 0 Å². The first-order valence-corrected chi connectivity index (χ1v) is 8.27. The van der Waals surface area contributed by atoms with Gasteiger partial charge in [0.1, 0.15) is 0 Å². The third kappa shape index (κ3) is 3.75. The molecule has 2 fully saturated rings. The summed E-state index contributed by atoms with van der Waals surface area (Å²) in [6.07, 6.45) is 5.87. The Morgan fingerprint density at radius 1 is 1.40 bits per heavy atom. The van der Waals surface area contributed by atoms with Crippen LogP contribution in [0.3, 0.4) is 0 Å². The molecule has 1 amide bonds. The number of hydrogen-bond acceptors (Lipinski definition) is 2. The lowest BCUT2D eigenvalue weighted by atomic mass is 9.67. The van der Waals surface area contributed by atoms with Crippen LogP contribution in [0.2, 0.25) is 0 Å². The number of likely N-dealkylation sites (tertiary alicyclic amines) is 1. The molecule has 1 saturated carbocycles. The summed E-state index contributed by atoms with van der Waals surface area (Å²) in [5.74, 6) is 1.20. The first kappa shape index (κ1) is 15.8. The molecular formula is C17H31NO2. The van der Waals surface area contributed by atoms with Crippen LogP contribution in [0.5, 0.6) is 0 Å². The molecule has 3 heteroatoms. The lowest BCUT2D eigenvalue weighted by molar-refractivity contribution is -0.140. The second-order valence-corrected chi connectivity index (χ2v) is 8.02. The molecular weight excluding hydrogens is 250 g/mol. The molecule has 0 radical (unpaired) electrons. The molecule has 0 aromatic rings. The summed E-state index contributed by atoms with van der Waals surface area (Å²) in [4.78, 5) is 14.9. The summed E-state index contributed by atoms with van der Waals surface area (Å²) in [7, 11) is 0. The zero-order chi connectivity index (χ0) is 14.9. The van der Waals surface area contributed by atoms with Crippen molar-refractivity contribution in [2.24, 2.45) is 17.3 Å². The molecule has 0 aromatic carbocycles. The maximum atomic E-state index is 12.9. The van der Waals surface area contributed by atoms with Crippen molar-refractivity contribution in [3.63, 3.8) is 0 Å². The lowest BCUT2D eigenvalue weighted by Gasteiger charge is -2.40. The van der Waals surface area contributed by atoms with Crippen LogP contribution in [0.4, 0.5) is 0 Å². The number of hydrogen-bond donors (Lipinski definition) is 1. The molecule has 1 aliphatic carbocycles. The number of rotatable bonds is 3. The van der Waals surface area contributed by atoms with Crippen LogP contribution in [0.1, 0.15) is 66.2 Å². The summed E-state index contributed by atoms with van der Waals surface area (Å²) >= 11 is 0. The molecule has 2 aliphatic rings. The van der Waals surface area contributed by atoms with Gasteiger partial charge in [0.05, 0.1) is 6.10 Å². The molecule has 0 spiro atoms. The van der Waals surface area contributed by atoms with Gasteiger partial charge in [0.2, 0.25) is 5.91 Å². The summed E-state index contributed by atoms with van der Waals surface area (Å²) in [6, 6.07) is 0.267. The maximum Gasteiger partial charge on any atom is 0.225 e. The van der Waals surface area contributed by atoms with Gasteiger partial charge in [-0.1, -0.05) is 20.8 Å². The van der Waals surface area contributed by atoms with E-state index in [1.165, 1.54) is 6.42 Å². The van der Waals surface area contributed by atoms with Crippen LogP contribution in [0.15, 0.2) is 0 Å². The number of nitrogens with zero attached hydrogens (tertiary/aromatic N) is 1. The first-order chi connectivity index (χ1) is 9.28. The summed E-state index contributed by atoms with van der Waals surface area (Å²) in [5.41, 5.74) is 0.289. The summed E-state index contributed by atoms with van der Waals surface area (Å²) in [6.45, 7) is 9.58. The van der Waals surface area contributed by atoms with Crippen molar-refractivity contribution < 1.29 is 9.90 Å². The minimum absolute atomic E-state index is 0.198. The van der Waals surface area contributed by atoms with Gasteiger partial charge in [-0.05, 0) is 56.8 Å². The fourth-order valence-electron chi connectivity index (χ4n) is 4.53. The lowest BCUT2D eigenvalue weighted by Crippen LogP contribution is -2.44. The van der Waals surface area contributed by atoms with E-state index in [0.717, 1.165) is 38.6 Å². The van der Waals surface area contributed by atoms with Gasteiger partial charge >= 0.3 is 0 Å². The van der Waals surface area contributed by atoms with Crippen molar-refractivity contribution in [2.45, 2.75) is 78.4 Å². The standard InChI is InChI=1S/C17H31NO2/c1-12-8-14(11-17(3,4)10-12)16(20)18-7-5-6-15(18)9-13(2)19/h12-15,19H,5-11H2,1-4H3. The fourth-order valence-corrected chi connectivity index (χ4v) is 4.53. The van der Waals surface area contributed by atoms with Gasteiger partial charge in [0.15, 0.2) is 0 Å². The highest BCUT2D eigenvalue weighted by Crippen LogP contribution is 2.43. The molecule has 1 heterocycles. The summed E-state index contributed by atoms with van der Waals surface area (Å²) in [5, 5.41) is 9.61. The smallest absolute Gasteiger partial charge is 0.225 e. The molecule has 4 atom stereocenters. The van der Waals surface area contributed by atoms with Crippen molar-refractivity contribution in [1.29, 1.82) is 0 Å². The Kier molecular flexibility index (Phi) is 4.78. The predicted octanol–water partition coefficient (Wildman–Crippen LogP) is 3.21. The van der Waals surface area contributed by atoms with Crippen LogP contribution >= 0.6 is 0 Å². The molecule has 4 unspecified atom stereocenters. The molecule has 3 nitrogen and oxygen atoms in total. The Morgan fingerprint density at radius 3 is 2.70 bits per heavy atom. The number of aliphatic hydroxyl groups is 1. The van der Waals surface area contributed by atoms with E-state index in [0.29, 0.717) is 11.8 Å². The average Bonchev–Trinajstić information content (AvgIpc) is 2.72. The topological polar surface area (TPSA) is 40.5 Å². The van der Waals surface area contributed by atoms with Crippen LogP contribution in [-0.2, 0) is 4.79 Å². The second-order valence-electron chi connectivity index (χ2n) is 8.02. The van der Waals surface area contributed by atoms with E-state index in [4.69, 9.17) is 0 Å². The monoisotopic (exact) mass is 281 g/mol. The quantitative estimate of drug-likeness (QED) is 0.863. The minimum atomic E-state index is -0.310. The molecule has 20 heavy (non-hydrogen) atoms. The van der Waals surface area contributed by atoms with Gasteiger partial charge in [0, 0.05) is 18.5 Å². The fraction of sp³-hybridized carbons (Fsp3) is 0.941. The Hall–Kier alpha value is -0.570. The van der Waals surface area contributed by atoms with Crippen LogP contribution in [0.25, 0.3) is 0 Å². The number of carbonyl (C=O) groups is 1. The van der Waals surface area contributed by atoms with E-state index in [1.807, 2.05) is 6.92 Å². The van der Waals surface area contributed by atoms with Gasteiger partial charge < -0.3 is 10.0 Å². The number of amides is 1. The van der Waals surface area contributed by atoms with Crippen molar-refractivity contribution in [3.05, 3.63) is 0 Å². The highest BCUT2D eigenvalue weighted by atomic mass is 16.3. The average molecular weight is 281 g/mol. The van der Waals surface area contributed by atoms with Crippen molar-refractivity contribution >= 4 is 5.91 Å². The zero-order valence-electron chi connectivity index (χ0n) is 13.6. The van der Waals surface area contributed by atoms with Gasteiger partial charge in [0.25, 0.3) is 0 Å². The summed E-state index contributed by atoms with van der Waals surface area (Å²) < 4.78 is 0. The Balaban J connectivity index is 2.02. The minimum Gasteiger partial charge on any atom is -0.393 e. The molecule has 1 saturated heterocycles. The highest BCUT2D eigenvalue weighted by molar-refractivity contribution is 5.79. The largest absolute Gasteiger partial charge is 0.393 e. The van der Waals surface area contributed by atoms with E-state index in [-0.39, 0.29) is 23.5 Å². The number of aliphatic hydroxyl groups excluding tert-OH is 1. The van der Waals surface area contributed by atoms with Gasteiger partial charge in [-0.25, -0.2) is 0 Å². The molecule has 1 N–H and O–H groups in total. The third-order valence-electron chi connectivity index (χ3n) is 5.01.